The molecule has 1 N–H and O–H groups in total. The van der Waals surface area contributed by atoms with Gasteiger partial charge in [-0.25, -0.2) is 0 Å². The van der Waals surface area contributed by atoms with Crippen LogP contribution in [0.5, 0.6) is 0 Å². The van der Waals surface area contributed by atoms with Gasteiger partial charge in [-0.1, -0.05) is 24.4 Å². The van der Waals surface area contributed by atoms with Gasteiger partial charge in [-0.15, -0.1) is 11.3 Å². The van der Waals surface area contributed by atoms with E-state index in [0.717, 1.165) is 16.9 Å². The predicted octanol–water partition coefficient (Wildman–Crippen LogP) is 4.15. The summed E-state index contributed by atoms with van der Waals surface area (Å²) < 4.78 is 0.895. The van der Waals surface area contributed by atoms with Crippen LogP contribution in [0, 0.1) is 0 Å². The van der Waals surface area contributed by atoms with Gasteiger partial charge >= 0.3 is 0 Å². The first-order chi connectivity index (χ1) is 9.24. The van der Waals surface area contributed by atoms with Crippen LogP contribution in [0.2, 0.25) is 4.34 Å². The zero-order chi connectivity index (χ0) is 13.5. The van der Waals surface area contributed by atoms with Crippen molar-refractivity contribution >= 4 is 22.9 Å². The smallest absolute Gasteiger partial charge is 0.0931 e. The molecule has 2 nitrogen and oxygen atoms in total. The summed E-state index contributed by atoms with van der Waals surface area (Å²) in [5.41, 5.74) is 0. The maximum absolute atomic E-state index is 5.94. The lowest BCUT2D eigenvalue weighted by Gasteiger charge is -2.15. The molecule has 0 saturated heterocycles. The van der Waals surface area contributed by atoms with Crippen LogP contribution in [0.1, 0.15) is 43.4 Å². The van der Waals surface area contributed by atoms with Crippen molar-refractivity contribution in [3.63, 3.8) is 0 Å². The van der Waals surface area contributed by atoms with Crippen LogP contribution in [-0.4, -0.2) is 31.1 Å². The molecule has 1 heterocycles. The van der Waals surface area contributed by atoms with Crippen molar-refractivity contribution in [3.8, 4) is 0 Å². The van der Waals surface area contributed by atoms with Gasteiger partial charge in [-0.3, -0.25) is 0 Å². The summed E-state index contributed by atoms with van der Waals surface area (Å²) in [6.07, 6.45) is 8.15. The van der Waals surface area contributed by atoms with E-state index >= 15 is 0 Å². The summed E-state index contributed by atoms with van der Waals surface area (Å²) >= 11 is 7.63. The second-order valence-electron chi connectivity index (χ2n) is 5.59. The number of hydrogen-bond donors (Lipinski definition) is 1. The van der Waals surface area contributed by atoms with E-state index in [4.69, 9.17) is 11.6 Å². The number of rotatable bonds is 10. The lowest BCUT2D eigenvalue weighted by Crippen LogP contribution is -2.19. The third-order valence-corrected chi connectivity index (χ3v) is 4.75. The van der Waals surface area contributed by atoms with Crippen molar-refractivity contribution in [2.24, 2.45) is 0 Å². The van der Waals surface area contributed by atoms with Gasteiger partial charge in [0.05, 0.1) is 4.34 Å². The molecule has 4 heteroatoms. The molecule has 0 spiro atoms. The summed E-state index contributed by atoms with van der Waals surface area (Å²) in [6, 6.07) is 4.98. The van der Waals surface area contributed by atoms with Crippen LogP contribution < -0.4 is 5.32 Å². The topological polar surface area (TPSA) is 15.3 Å². The molecule has 0 radical (unpaired) electrons. The maximum Gasteiger partial charge on any atom is 0.0931 e. The zero-order valence-electron chi connectivity index (χ0n) is 11.8. The molecule has 0 aromatic carbocycles. The molecule has 0 bridgehead atoms. The summed E-state index contributed by atoms with van der Waals surface area (Å²) in [7, 11) is 2.20. The number of nitrogens with one attached hydrogen (secondary N) is 1. The minimum atomic E-state index is 0.865. The highest BCUT2D eigenvalue weighted by Crippen LogP contribution is 2.22. The fraction of sp³-hybridized carbons (Fsp3) is 0.733. The molecule has 1 aliphatic rings. The lowest BCUT2D eigenvalue weighted by atomic mass is 10.2. The Bertz CT molecular complexity index is 363. The van der Waals surface area contributed by atoms with Gasteiger partial charge in [0.1, 0.15) is 0 Å². The highest BCUT2D eigenvalue weighted by molar-refractivity contribution is 7.16. The molecule has 19 heavy (non-hydrogen) atoms. The molecule has 0 amide bonds. The van der Waals surface area contributed by atoms with Crippen LogP contribution in [0.25, 0.3) is 0 Å². The zero-order valence-corrected chi connectivity index (χ0v) is 13.4. The fourth-order valence-corrected chi connectivity index (χ4v) is 3.40. The number of halogens is 1. The molecule has 0 atom stereocenters. The fourth-order valence-electron chi connectivity index (χ4n) is 2.24. The van der Waals surface area contributed by atoms with Crippen LogP contribution in [0.15, 0.2) is 12.1 Å². The number of hydrogen-bond acceptors (Lipinski definition) is 3. The van der Waals surface area contributed by atoms with E-state index in [1.54, 1.807) is 11.3 Å². The number of unbranched alkanes of at least 4 members (excludes halogenated alkanes) is 3. The summed E-state index contributed by atoms with van der Waals surface area (Å²) in [5.74, 6) is 0. The lowest BCUT2D eigenvalue weighted by molar-refractivity contribution is 0.319. The highest BCUT2D eigenvalue weighted by Gasteiger charge is 2.19. The third kappa shape index (κ3) is 6.75. The van der Waals surface area contributed by atoms with Crippen molar-refractivity contribution in [3.05, 3.63) is 21.3 Å². The van der Waals surface area contributed by atoms with Crippen molar-refractivity contribution < 1.29 is 0 Å². The molecule has 1 aliphatic carbocycles. The van der Waals surface area contributed by atoms with E-state index in [1.807, 2.05) is 6.07 Å². The highest BCUT2D eigenvalue weighted by atomic mass is 35.5. The Morgan fingerprint density at radius 1 is 1.26 bits per heavy atom. The average molecular weight is 301 g/mol. The van der Waals surface area contributed by atoms with Gasteiger partial charge in [-0.05, 0) is 58.0 Å². The van der Waals surface area contributed by atoms with E-state index in [-0.39, 0.29) is 0 Å². The molecule has 1 aromatic heterocycles. The van der Waals surface area contributed by atoms with Crippen LogP contribution in [0.3, 0.4) is 0 Å². The average Bonchev–Trinajstić information content (AvgIpc) is 3.11. The van der Waals surface area contributed by atoms with Gasteiger partial charge in [0.15, 0.2) is 0 Å². The molecule has 1 saturated carbocycles. The van der Waals surface area contributed by atoms with Gasteiger partial charge < -0.3 is 10.2 Å². The third-order valence-electron chi connectivity index (χ3n) is 3.53. The van der Waals surface area contributed by atoms with Crippen molar-refractivity contribution in [2.45, 2.75) is 51.1 Å². The van der Waals surface area contributed by atoms with Crippen LogP contribution in [-0.2, 0) is 6.54 Å². The normalized spacial score (nSPS) is 15.3. The Hall–Kier alpha value is -0.0900. The predicted molar refractivity (Wildman–Crippen MR) is 85.2 cm³/mol. The first kappa shape index (κ1) is 15.3. The Balaban J connectivity index is 1.43. The Morgan fingerprint density at radius 3 is 2.74 bits per heavy atom. The van der Waals surface area contributed by atoms with Crippen molar-refractivity contribution in [1.29, 1.82) is 0 Å². The summed E-state index contributed by atoms with van der Waals surface area (Å²) in [4.78, 5) is 3.76. The van der Waals surface area contributed by atoms with Crippen LogP contribution >= 0.6 is 22.9 Å². The molecule has 1 aromatic rings. The van der Waals surface area contributed by atoms with E-state index < -0.39 is 0 Å². The minimum Gasteiger partial charge on any atom is -0.314 e. The van der Waals surface area contributed by atoms with Crippen molar-refractivity contribution in [2.75, 3.05) is 20.1 Å². The SMILES string of the molecule is CN(CCCCCCNC1CC1)Cc1ccc(Cl)s1. The first-order valence-electron chi connectivity index (χ1n) is 7.40. The monoisotopic (exact) mass is 300 g/mol. The summed E-state index contributed by atoms with van der Waals surface area (Å²) in [6.45, 7) is 3.43. The second kappa shape index (κ2) is 8.25. The molecule has 0 unspecified atom stereocenters. The number of nitrogens with zero attached hydrogens (tertiary/aromatic N) is 1. The summed E-state index contributed by atoms with van der Waals surface area (Å²) in [5, 5.41) is 3.57. The van der Waals surface area contributed by atoms with Gasteiger partial charge in [-0.2, -0.15) is 0 Å². The van der Waals surface area contributed by atoms with Crippen LogP contribution in [0.4, 0.5) is 0 Å². The Labute approximate surface area is 126 Å². The van der Waals surface area contributed by atoms with E-state index in [0.29, 0.717) is 0 Å². The van der Waals surface area contributed by atoms with Gasteiger partial charge in [0.2, 0.25) is 0 Å². The quantitative estimate of drug-likeness (QED) is 0.653. The Kier molecular flexibility index (Phi) is 6.65. The van der Waals surface area contributed by atoms with Crippen molar-refractivity contribution in [1.82, 2.24) is 10.2 Å². The first-order valence-corrected chi connectivity index (χ1v) is 8.59. The standard InChI is InChI=1S/C15H25ClN2S/c1-18(12-14-8-9-15(16)19-14)11-5-3-2-4-10-17-13-6-7-13/h8-9,13,17H,2-7,10-12H2,1H3. The molecular formula is C15H25ClN2S. The Morgan fingerprint density at radius 2 is 2.05 bits per heavy atom. The molecular weight excluding hydrogens is 276 g/mol. The molecule has 1 fully saturated rings. The molecule has 2 rings (SSSR count). The maximum atomic E-state index is 5.94. The largest absolute Gasteiger partial charge is 0.314 e. The number of thiophene rings is 1. The van der Waals surface area contributed by atoms with E-state index in [2.05, 4.69) is 23.3 Å². The van der Waals surface area contributed by atoms with E-state index in [1.165, 1.54) is 56.5 Å². The van der Waals surface area contributed by atoms with Gasteiger partial charge in [0, 0.05) is 17.5 Å². The molecule has 0 aliphatic heterocycles. The minimum absolute atomic E-state index is 0.865. The van der Waals surface area contributed by atoms with E-state index in [9.17, 15) is 0 Å². The van der Waals surface area contributed by atoms with Gasteiger partial charge in [0.25, 0.3) is 0 Å². The molecule has 108 valence electrons. The second-order valence-corrected chi connectivity index (χ2v) is 7.39.